The maximum absolute atomic E-state index is 7.00. The molecule has 1 radical (unpaired) electrons. The van der Waals surface area contributed by atoms with Crippen LogP contribution in [0.1, 0.15) is 11.3 Å². The van der Waals surface area contributed by atoms with Crippen molar-refractivity contribution in [2.45, 2.75) is 6.92 Å². The van der Waals surface area contributed by atoms with E-state index in [9.17, 15) is 0 Å². The summed E-state index contributed by atoms with van der Waals surface area (Å²) in [6, 6.07) is 22.8. The molecule has 0 saturated heterocycles. The van der Waals surface area contributed by atoms with Gasteiger partial charge in [-0.15, -0.1) is 17.7 Å². The third kappa shape index (κ3) is 5.45. The Morgan fingerprint density at radius 3 is 1.85 bits per heavy atom. The van der Waals surface area contributed by atoms with E-state index in [2.05, 4.69) is 63.4 Å². The first-order valence-electron chi connectivity index (χ1n) is 7.91. The zero-order valence-corrected chi connectivity index (χ0v) is 17.8. The fourth-order valence-electron chi connectivity index (χ4n) is 2.63. The number of rotatable bonds is 2. The summed E-state index contributed by atoms with van der Waals surface area (Å²) in [5.41, 5.74) is 6.77. The normalized spacial score (nSPS) is 8.96. The molecule has 0 aliphatic rings. The predicted molar refractivity (Wildman–Crippen MR) is 104 cm³/mol. The summed E-state index contributed by atoms with van der Waals surface area (Å²) in [6.07, 6.45) is 0. The van der Waals surface area contributed by atoms with E-state index < -0.39 is 0 Å². The molecule has 3 rings (SSSR count). The van der Waals surface area contributed by atoms with Crippen molar-refractivity contribution in [1.29, 1.82) is 0 Å². The van der Waals surface area contributed by atoms with Crippen molar-refractivity contribution in [3.05, 3.63) is 92.0 Å². The minimum absolute atomic E-state index is 0. The monoisotopic (exact) mass is 529 g/mol. The minimum atomic E-state index is 0. The molecular weight excluding hydrogens is 502 g/mol. The molecule has 0 aliphatic heterocycles. The van der Waals surface area contributed by atoms with Gasteiger partial charge in [0, 0.05) is 41.4 Å². The Bertz CT molecular complexity index is 789. The molecule has 3 aromatic rings. The molecule has 0 bridgehead atoms. The van der Waals surface area contributed by atoms with Crippen LogP contribution in [0.2, 0.25) is 0 Å². The van der Waals surface area contributed by atoms with Crippen LogP contribution < -0.4 is 4.57 Å². The van der Waals surface area contributed by atoms with Crippen molar-refractivity contribution in [1.82, 2.24) is 0 Å². The summed E-state index contributed by atoms with van der Waals surface area (Å²) < 4.78 is 1.99. The zero-order valence-electron chi connectivity index (χ0n) is 15.4. The molecule has 0 unspecified atom stereocenters. The number of hydrogen-bond acceptors (Lipinski definition) is 2. The van der Waals surface area contributed by atoms with Crippen LogP contribution in [0.15, 0.2) is 66.7 Å². The Morgan fingerprint density at radius 1 is 0.731 bits per heavy atom. The Morgan fingerprint density at radius 2 is 1.27 bits per heavy atom. The van der Waals surface area contributed by atoms with Gasteiger partial charge in [0.05, 0.1) is 11.4 Å². The van der Waals surface area contributed by atoms with Crippen LogP contribution in [-0.4, -0.2) is 24.4 Å². The van der Waals surface area contributed by atoms with Crippen LogP contribution >= 0.6 is 0 Å². The average molecular weight is 529 g/mol. The van der Waals surface area contributed by atoms with Crippen LogP contribution in [0.4, 0.5) is 0 Å². The number of aliphatic hydroxyl groups is 2. The molecule has 2 aromatic carbocycles. The molecule has 1 aromatic heterocycles. The first-order valence-corrected chi connectivity index (χ1v) is 7.91. The van der Waals surface area contributed by atoms with Gasteiger partial charge in [-0.3, -0.25) is 0 Å². The van der Waals surface area contributed by atoms with E-state index in [4.69, 9.17) is 10.2 Å². The maximum atomic E-state index is 7.00. The van der Waals surface area contributed by atoms with Crippen LogP contribution in [0.5, 0.6) is 0 Å². The van der Waals surface area contributed by atoms with Gasteiger partial charge in [0.15, 0.2) is 0 Å². The predicted octanol–water partition coefficient (Wildman–Crippen LogP) is 3.65. The number of benzene rings is 2. The molecule has 0 saturated carbocycles. The third-order valence-corrected chi connectivity index (χ3v) is 3.87. The van der Waals surface area contributed by atoms with Crippen molar-refractivity contribution in [3.63, 3.8) is 0 Å². The Labute approximate surface area is 170 Å². The molecule has 0 atom stereocenters. The van der Waals surface area contributed by atoms with Gasteiger partial charge in [-0.2, -0.15) is 18.6 Å². The number of nitrogens with zero attached hydrogens (tertiary/aromatic N) is 1. The molecule has 4 heteroatoms. The van der Waals surface area contributed by atoms with Gasteiger partial charge in [-0.05, 0) is 18.1 Å². The number of aromatic nitrogens is 1. The largest absolute Gasteiger partial charge is 0.400 e. The summed E-state index contributed by atoms with van der Waals surface area (Å²) >= 11 is 0. The van der Waals surface area contributed by atoms with E-state index >= 15 is 0 Å². The molecule has 26 heavy (non-hydrogen) atoms. The van der Waals surface area contributed by atoms with Crippen LogP contribution in [0.25, 0.3) is 22.4 Å². The van der Waals surface area contributed by atoms with Crippen molar-refractivity contribution in [3.8, 4) is 22.4 Å². The molecule has 141 valence electrons. The van der Waals surface area contributed by atoms with E-state index in [0.29, 0.717) is 0 Å². The van der Waals surface area contributed by atoms with E-state index in [1.165, 1.54) is 11.1 Å². The third-order valence-electron chi connectivity index (χ3n) is 3.87. The van der Waals surface area contributed by atoms with E-state index in [0.717, 1.165) is 36.7 Å². The molecule has 1 heterocycles. The quantitative estimate of drug-likeness (QED) is 0.394. The number of hydrogen-bond donors (Lipinski definition) is 2. The summed E-state index contributed by atoms with van der Waals surface area (Å²) in [7, 11) is 6.21. The van der Waals surface area contributed by atoms with Crippen LogP contribution in [-0.2, 0) is 20.1 Å². The SMILES string of the molecule is CO.CO.[CH2-]c1ccccc1-c1ccc(-c2ccccc2)c(C)[n+]1[CH2-].[Ir]. The Hall–Kier alpha value is -2.10. The summed E-state index contributed by atoms with van der Waals surface area (Å²) in [6.45, 7) is 6.21. The van der Waals surface area contributed by atoms with E-state index in [1.807, 2.05) is 28.8 Å². The van der Waals surface area contributed by atoms with Gasteiger partial charge < -0.3 is 14.8 Å². The van der Waals surface area contributed by atoms with Crippen molar-refractivity contribution in [2.75, 3.05) is 14.2 Å². The summed E-state index contributed by atoms with van der Waals surface area (Å²) in [5, 5.41) is 14.0. The fraction of sp³-hybridized carbons (Fsp3) is 0.136. The molecule has 0 amide bonds. The molecule has 3 nitrogen and oxygen atoms in total. The van der Waals surface area contributed by atoms with Crippen molar-refractivity contribution >= 4 is 0 Å². The zero-order chi connectivity index (χ0) is 18.8. The molecular formula is C22H26IrNO2-. The topological polar surface area (TPSA) is 44.3 Å². The molecule has 0 fully saturated rings. The second-order valence-corrected chi connectivity index (χ2v) is 5.17. The van der Waals surface area contributed by atoms with Gasteiger partial charge in [-0.1, -0.05) is 48.5 Å². The van der Waals surface area contributed by atoms with Crippen LogP contribution in [0.3, 0.4) is 0 Å². The van der Waals surface area contributed by atoms with Crippen molar-refractivity contribution in [2.24, 2.45) is 0 Å². The molecule has 2 N–H and O–H groups in total. The smallest absolute Gasteiger partial charge is 0.0860 e. The molecule has 0 aliphatic carbocycles. The fourth-order valence-corrected chi connectivity index (χ4v) is 2.63. The van der Waals surface area contributed by atoms with Gasteiger partial charge in [-0.25, -0.2) is 0 Å². The van der Waals surface area contributed by atoms with Gasteiger partial charge in [0.25, 0.3) is 0 Å². The Balaban J connectivity index is 0.00000117. The van der Waals surface area contributed by atoms with Gasteiger partial charge >= 0.3 is 0 Å². The number of aliphatic hydroxyl groups excluding tert-OH is 2. The van der Waals surface area contributed by atoms with Crippen molar-refractivity contribution < 1.29 is 34.9 Å². The van der Waals surface area contributed by atoms with E-state index in [-0.39, 0.29) is 20.1 Å². The first kappa shape index (κ1) is 23.9. The van der Waals surface area contributed by atoms with E-state index in [1.54, 1.807) is 0 Å². The second kappa shape index (κ2) is 12.3. The van der Waals surface area contributed by atoms with Gasteiger partial charge in [0.2, 0.25) is 0 Å². The van der Waals surface area contributed by atoms with Gasteiger partial charge in [0.1, 0.15) is 0 Å². The van der Waals surface area contributed by atoms with Crippen LogP contribution in [0, 0.1) is 20.9 Å². The minimum Gasteiger partial charge on any atom is -0.400 e. The first-order chi connectivity index (χ1) is 12.2. The standard InChI is InChI=1S/C20H18N.2CH4O.Ir/c1-15-9-7-8-12-18(15)20-14-13-19(16(2)21(20)3)17-10-5-4-6-11-17;2*1-2;/h4-14H,1,3H2,2H3;2*2H,1H3;/q-1;;;. The number of pyridine rings is 1. The summed E-state index contributed by atoms with van der Waals surface area (Å²) in [4.78, 5) is 0. The second-order valence-electron chi connectivity index (χ2n) is 5.17. The summed E-state index contributed by atoms with van der Waals surface area (Å²) in [5.74, 6) is 0. The maximum Gasteiger partial charge on any atom is 0.0860 e. The Kier molecular flexibility index (Phi) is 11.3. The molecule has 0 spiro atoms. The average Bonchev–Trinajstić information content (AvgIpc) is 2.69.